The average molecular weight is 449 g/mol. The highest BCUT2D eigenvalue weighted by atomic mass is 32.1. The predicted octanol–water partition coefficient (Wildman–Crippen LogP) is 3.22. The quantitative estimate of drug-likeness (QED) is 0.366. The Morgan fingerprint density at radius 2 is 2.06 bits per heavy atom. The van der Waals surface area contributed by atoms with Gasteiger partial charge in [0.1, 0.15) is 18.3 Å². The van der Waals surface area contributed by atoms with E-state index in [1.165, 1.54) is 6.07 Å². The average Bonchev–Trinajstić information content (AvgIpc) is 3.39. The first-order valence-corrected chi connectivity index (χ1v) is 11.5. The summed E-state index contributed by atoms with van der Waals surface area (Å²) in [5.41, 5.74) is 5.81. The van der Waals surface area contributed by atoms with Crippen LogP contribution in [0.2, 0.25) is 0 Å². The van der Waals surface area contributed by atoms with E-state index in [1.807, 2.05) is 38.1 Å². The summed E-state index contributed by atoms with van der Waals surface area (Å²) in [7, 11) is 0. The van der Waals surface area contributed by atoms with Gasteiger partial charge < -0.3 is 20.7 Å². The van der Waals surface area contributed by atoms with Crippen LogP contribution in [-0.2, 0) is 13.0 Å². The second-order valence-electron chi connectivity index (χ2n) is 8.07. The van der Waals surface area contributed by atoms with Gasteiger partial charge in [-0.05, 0) is 60.7 Å². The molecule has 164 valence electrons. The van der Waals surface area contributed by atoms with Crippen molar-refractivity contribution in [3.05, 3.63) is 80.6 Å². The smallest absolute Gasteiger partial charge is 0.147 e. The van der Waals surface area contributed by atoms with Crippen LogP contribution in [0, 0.1) is 19.7 Å². The number of thiophene rings is 1. The van der Waals surface area contributed by atoms with Crippen molar-refractivity contribution in [3.8, 4) is 10.4 Å². The van der Waals surface area contributed by atoms with Gasteiger partial charge in [-0.1, -0.05) is 24.3 Å². The van der Waals surface area contributed by atoms with E-state index >= 15 is 0 Å². The molecule has 0 saturated carbocycles. The lowest BCUT2D eigenvalue weighted by molar-refractivity contribution is 0.282. The van der Waals surface area contributed by atoms with Crippen molar-refractivity contribution in [2.45, 2.75) is 26.9 Å². The zero-order valence-corrected chi connectivity index (χ0v) is 18.9. The Bertz CT molecular complexity index is 1440. The van der Waals surface area contributed by atoms with Gasteiger partial charge in [-0.3, -0.25) is 4.99 Å². The number of aliphatic hydroxyl groups is 1. The molecule has 0 bridgehead atoms. The minimum Gasteiger partial charge on any atom is -0.392 e. The van der Waals surface area contributed by atoms with Crippen molar-refractivity contribution in [2.24, 2.45) is 4.99 Å². The maximum absolute atomic E-state index is 14.2. The summed E-state index contributed by atoms with van der Waals surface area (Å²) in [6, 6.07) is 13.4. The molecule has 5 nitrogen and oxygen atoms in total. The summed E-state index contributed by atoms with van der Waals surface area (Å²) < 4.78 is 15.3. The third kappa shape index (κ3) is 3.67. The minimum atomic E-state index is -0.209. The molecule has 2 aromatic heterocycles. The van der Waals surface area contributed by atoms with E-state index in [1.54, 1.807) is 11.3 Å². The molecule has 0 aliphatic carbocycles. The van der Waals surface area contributed by atoms with Crippen molar-refractivity contribution in [1.82, 2.24) is 15.6 Å². The van der Waals surface area contributed by atoms with Gasteiger partial charge in [0.15, 0.2) is 0 Å². The second kappa shape index (κ2) is 8.41. The molecule has 0 atom stereocenters. The number of halogens is 1. The fourth-order valence-electron chi connectivity index (χ4n) is 4.34. The molecule has 0 radical (unpaired) electrons. The highest BCUT2D eigenvalue weighted by Crippen LogP contribution is 2.28. The van der Waals surface area contributed by atoms with E-state index < -0.39 is 0 Å². The number of rotatable bonds is 6. The van der Waals surface area contributed by atoms with E-state index in [9.17, 15) is 9.50 Å². The van der Waals surface area contributed by atoms with E-state index in [-0.39, 0.29) is 12.4 Å². The van der Waals surface area contributed by atoms with Crippen LogP contribution in [0.4, 0.5) is 4.39 Å². The van der Waals surface area contributed by atoms with Gasteiger partial charge in [0, 0.05) is 22.5 Å². The molecule has 0 amide bonds. The van der Waals surface area contributed by atoms with Crippen LogP contribution in [0.5, 0.6) is 0 Å². The Labute approximate surface area is 189 Å². The molecule has 0 fully saturated rings. The van der Waals surface area contributed by atoms with Crippen LogP contribution in [-0.4, -0.2) is 23.3 Å². The maximum atomic E-state index is 14.2. The molecule has 32 heavy (non-hydrogen) atoms. The molecule has 4 N–H and O–H groups in total. The van der Waals surface area contributed by atoms with Crippen molar-refractivity contribution >= 4 is 28.1 Å². The lowest BCUT2D eigenvalue weighted by atomic mass is 10.0. The first-order valence-electron chi connectivity index (χ1n) is 10.7. The van der Waals surface area contributed by atoms with Crippen molar-refractivity contribution in [2.75, 3.05) is 13.2 Å². The van der Waals surface area contributed by atoms with Gasteiger partial charge >= 0.3 is 0 Å². The summed E-state index contributed by atoms with van der Waals surface area (Å²) in [6.07, 6.45) is 0.782. The molecule has 4 aromatic rings. The molecular formula is C25H25FN4OS. The van der Waals surface area contributed by atoms with Gasteiger partial charge in [-0.15, -0.1) is 11.3 Å². The van der Waals surface area contributed by atoms with E-state index in [0.717, 1.165) is 66.9 Å². The number of benzene rings is 2. The number of nitrogens with one attached hydrogen (secondary N) is 3. The standard InChI is InChI=1S/C25H25FN4OS/c1-14-6-7-19(26)23-22(14)18(15(2)30-23)8-9-27-25-24-20(28-13-29-25)11-21(32-24)17-5-3-4-16(10-17)12-31/h3-7,10-11,27,29-31H,8-9,12-13H2,1-2H3. The Morgan fingerprint density at radius 1 is 1.19 bits per heavy atom. The van der Waals surface area contributed by atoms with Gasteiger partial charge in [0.25, 0.3) is 0 Å². The van der Waals surface area contributed by atoms with Crippen LogP contribution in [0.3, 0.4) is 0 Å². The molecule has 7 heteroatoms. The Balaban J connectivity index is 1.42. The van der Waals surface area contributed by atoms with Crippen LogP contribution >= 0.6 is 11.3 Å². The first kappa shape index (κ1) is 20.7. The highest BCUT2D eigenvalue weighted by molar-refractivity contribution is 7.13. The van der Waals surface area contributed by atoms with Crippen molar-refractivity contribution in [1.29, 1.82) is 0 Å². The number of aliphatic hydroxyl groups excluding tert-OH is 1. The lowest BCUT2D eigenvalue weighted by Crippen LogP contribution is -2.41. The van der Waals surface area contributed by atoms with Crippen LogP contribution < -0.4 is 20.5 Å². The van der Waals surface area contributed by atoms with Gasteiger partial charge in [0.05, 0.1) is 22.0 Å². The molecule has 0 saturated heterocycles. The number of aryl methyl sites for hydroxylation is 2. The van der Waals surface area contributed by atoms with E-state index in [0.29, 0.717) is 12.2 Å². The van der Waals surface area contributed by atoms with Crippen LogP contribution in [0.25, 0.3) is 27.2 Å². The summed E-state index contributed by atoms with van der Waals surface area (Å²) >= 11 is 1.68. The van der Waals surface area contributed by atoms with Crippen molar-refractivity contribution < 1.29 is 9.50 Å². The lowest BCUT2D eigenvalue weighted by Gasteiger charge is -2.14. The number of aromatic nitrogens is 1. The number of fused-ring (bicyclic) bond motifs is 2. The summed E-state index contributed by atoms with van der Waals surface area (Å²) in [4.78, 5) is 8.94. The van der Waals surface area contributed by atoms with E-state index in [4.69, 9.17) is 0 Å². The molecule has 1 aliphatic rings. The number of hydrogen-bond acceptors (Lipinski definition) is 5. The first-order chi connectivity index (χ1) is 15.5. The third-order valence-electron chi connectivity index (χ3n) is 5.95. The largest absolute Gasteiger partial charge is 0.392 e. The fourth-order valence-corrected chi connectivity index (χ4v) is 5.45. The van der Waals surface area contributed by atoms with Crippen LogP contribution in [0.15, 0.2) is 47.5 Å². The predicted molar refractivity (Wildman–Crippen MR) is 127 cm³/mol. The highest BCUT2D eigenvalue weighted by Gasteiger charge is 2.15. The van der Waals surface area contributed by atoms with Crippen LogP contribution in [0.1, 0.15) is 22.4 Å². The minimum absolute atomic E-state index is 0.0282. The molecular weight excluding hydrogens is 423 g/mol. The molecule has 0 unspecified atom stereocenters. The van der Waals surface area contributed by atoms with Gasteiger partial charge in [0.2, 0.25) is 0 Å². The SMILES string of the molecule is Cc1[nH]c2c(F)ccc(C)c2c1CCNC1=c2sc(-c3cccc(CO)c3)cc2=NCN1. The number of aromatic amines is 1. The molecule has 1 aliphatic heterocycles. The zero-order valence-electron chi connectivity index (χ0n) is 18.1. The summed E-state index contributed by atoms with van der Waals surface area (Å²) in [6.45, 7) is 5.30. The van der Waals surface area contributed by atoms with Crippen molar-refractivity contribution in [3.63, 3.8) is 0 Å². The Hall–Kier alpha value is -3.16. The van der Waals surface area contributed by atoms with Gasteiger partial charge in [-0.25, -0.2) is 4.39 Å². The Morgan fingerprint density at radius 3 is 2.91 bits per heavy atom. The molecule has 0 spiro atoms. The van der Waals surface area contributed by atoms with Gasteiger partial charge in [-0.2, -0.15) is 0 Å². The maximum Gasteiger partial charge on any atom is 0.147 e. The topological polar surface area (TPSA) is 72.4 Å². The second-order valence-corrected chi connectivity index (χ2v) is 9.12. The normalized spacial score (nSPS) is 13.1. The zero-order chi connectivity index (χ0) is 22.2. The molecule has 5 rings (SSSR count). The monoisotopic (exact) mass is 448 g/mol. The Kier molecular flexibility index (Phi) is 5.45. The number of H-pyrrole nitrogens is 1. The summed E-state index contributed by atoms with van der Waals surface area (Å²) in [5.74, 6) is 0.767. The fraction of sp³-hybridized carbons (Fsp3) is 0.240. The number of nitrogens with zero attached hydrogens (tertiary/aromatic N) is 1. The molecule has 2 aromatic carbocycles. The number of hydrogen-bond donors (Lipinski definition) is 4. The summed E-state index contributed by atoms with van der Waals surface area (Å²) in [5, 5.41) is 18.3. The third-order valence-corrected chi connectivity index (χ3v) is 7.14. The molecule has 3 heterocycles. The van der Waals surface area contributed by atoms with E-state index in [2.05, 4.69) is 32.7 Å².